The maximum atomic E-state index is 10.2. The summed E-state index contributed by atoms with van der Waals surface area (Å²) in [6.07, 6.45) is -0.574. The van der Waals surface area contributed by atoms with Gasteiger partial charge in [-0.1, -0.05) is 0 Å². The number of carbonyl (C=O) groups is 1. The largest absolute Gasteiger partial charge is 0.521 e. The van der Waals surface area contributed by atoms with E-state index in [0.717, 1.165) is 17.8 Å². The third-order valence-electron chi connectivity index (χ3n) is 0.727. The highest BCUT2D eigenvalue weighted by Gasteiger charge is 2.17. The molecule has 0 spiro atoms. The van der Waals surface area contributed by atoms with E-state index in [1.165, 1.54) is 0 Å². The van der Waals surface area contributed by atoms with Crippen molar-refractivity contribution < 1.29 is 13.7 Å². The van der Waals surface area contributed by atoms with Crippen LogP contribution in [0.1, 0.15) is 6.92 Å². The summed E-state index contributed by atoms with van der Waals surface area (Å²) in [6, 6.07) is 0. The van der Waals surface area contributed by atoms with Gasteiger partial charge in [0.2, 0.25) is 0 Å². The first-order chi connectivity index (χ1) is 3.79. The second-order valence-electron chi connectivity index (χ2n) is 1.55. The molecule has 8 heavy (non-hydrogen) atoms. The van der Waals surface area contributed by atoms with Crippen molar-refractivity contribution in [2.24, 2.45) is 0 Å². The molecule has 0 aromatic carbocycles. The lowest BCUT2D eigenvalue weighted by Crippen LogP contribution is -2.21. The molecule has 1 aliphatic rings. The summed E-state index contributed by atoms with van der Waals surface area (Å²) in [4.78, 5) is 10.2. The van der Waals surface area contributed by atoms with E-state index in [4.69, 9.17) is 0 Å². The van der Waals surface area contributed by atoms with E-state index in [2.05, 4.69) is 8.92 Å². The average Bonchev–Trinajstić information content (AvgIpc) is 1.64. The molecule has 1 unspecified atom stereocenters. The van der Waals surface area contributed by atoms with Crippen LogP contribution in [0.25, 0.3) is 0 Å². The summed E-state index contributed by atoms with van der Waals surface area (Å²) < 4.78 is 9.01. The molecular formula is C4H6O3S. The Morgan fingerprint density at radius 2 is 2.62 bits per heavy atom. The van der Waals surface area contributed by atoms with Crippen molar-refractivity contribution in [2.75, 3.05) is 5.75 Å². The molecule has 0 aromatic rings. The predicted octanol–water partition coefficient (Wildman–Crippen LogP) is 1.19. The highest BCUT2D eigenvalue weighted by molar-refractivity contribution is 7.95. The van der Waals surface area contributed by atoms with Gasteiger partial charge in [-0.3, -0.25) is 0 Å². The summed E-state index contributed by atoms with van der Waals surface area (Å²) in [5, 5.41) is 0. The van der Waals surface area contributed by atoms with Crippen molar-refractivity contribution in [1.82, 2.24) is 0 Å². The van der Waals surface area contributed by atoms with E-state index in [1.54, 1.807) is 0 Å². The van der Waals surface area contributed by atoms with Crippen LogP contribution in [-0.2, 0) is 8.92 Å². The molecule has 1 heterocycles. The lowest BCUT2D eigenvalue weighted by molar-refractivity contribution is 0.0707. The molecule has 4 heteroatoms. The number of ether oxygens (including phenoxy) is 1. The Morgan fingerprint density at radius 1 is 1.88 bits per heavy atom. The Balaban J connectivity index is 2.34. The van der Waals surface area contributed by atoms with Gasteiger partial charge >= 0.3 is 6.16 Å². The van der Waals surface area contributed by atoms with Crippen LogP contribution in [0.15, 0.2) is 0 Å². The number of carbonyl (C=O) groups excluding carboxylic acids is 1. The normalized spacial score (nSPS) is 28.6. The predicted molar refractivity (Wildman–Crippen MR) is 29.5 cm³/mol. The zero-order chi connectivity index (χ0) is 5.98. The van der Waals surface area contributed by atoms with Crippen LogP contribution in [-0.4, -0.2) is 18.0 Å². The number of cyclic esters (lactones) is 1. The van der Waals surface area contributed by atoms with Crippen molar-refractivity contribution in [2.45, 2.75) is 13.0 Å². The van der Waals surface area contributed by atoms with Crippen LogP contribution in [0.4, 0.5) is 4.79 Å². The van der Waals surface area contributed by atoms with Crippen LogP contribution in [0.3, 0.4) is 0 Å². The SMILES string of the molecule is CC1CSOC(=O)O1. The highest BCUT2D eigenvalue weighted by Crippen LogP contribution is 2.15. The van der Waals surface area contributed by atoms with Crippen LogP contribution in [0.2, 0.25) is 0 Å². The second-order valence-corrected chi connectivity index (χ2v) is 2.28. The van der Waals surface area contributed by atoms with E-state index >= 15 is 0 Å². The molecule has 1 fully saturated rings. The Labute approximate surface area is 51.5 Å². The first kappa shape index (κ1) is 5.75. The van der Waals surface area contributed by atoms with Gasteiger partial charge in [-0.25, -0.2) is 4.79 Å². The quantitative estimate of drug-likeness (QED) is 0.368. The topological polar surface area (TPSA) is 35.5 Å². The molecule has 1 aliphatic heterocycles. The van der Waals surface area contributed by atoms with Gasteiger partial charge in [0.15, 0.2) is 0 Å². The fourth-order valence-electron chi connectivity index (χ4n) is 0.396. The van der Waals surface area contributed by atoms with Crippen molar-refractivity contribution >= 4 is 18.2 Å². The van der Waals surface area contributed by atoms with Crippen LogP contribution in [0, 0.1) is 0 Å². The summed E-state index contributed by atoms with van der Waals surface area (Å²) in [6.45, 7) is 1.83. The van der Waals surface area contributed by atoms with Crippen molar-refractivity contribution in [3.63, 3.8) is 0 Å². The third-order valence-corrected chi connectivity index (χ3v) is 1.59. The minimum Gasteiger partial charge on any atom is -0.430 e. The highest BCUT2D eigenvalue weighted by atomic mass is 32.2. The standard InChI is InChI=1S/C4H6O3S/c1-3-2-8-7-4(5)6-3/h3H,2H2,1H3. The maximum absolute atomic E-state index is 10.2. The summed E-state index contributed by atoms with van der Waals surface area (Å²) in [5.41, 5.74) is 0. The first-order valence-electron chi connectivity index (χ1n) is 2.29. The van der Waals surface area contributed by atoms with Gasteiger partial charge < -0.3 is 8.92 Å². The number of rotatable bonds is 0. The summed E-state index contributed by atoms with van der Waals surface area (Å²) in [7, 11) is 0. The molecular weight excluding hydrogens is 128 g/mol. The molecule has 0 amide bonds. The van der Waals surface area contributed by atoms with Gasteiger partial charge in [0.1, 0.15) is 6.10 Å². The van der Waals surface area contributed by atoms with E-state index in [1.807, 2.05) is 6.92 Å². The lowest BCUT2D eigenvalue weighted by atomic mass is 10.5. The van der Waals surface area contributed by atoms with E-state index < -0.39 is 6.16 Å². The van der Waals surface area contributed by atoms with Crippen molar-refractivity contribution in [1.29, 1.82) is 0 Å². The Kier molecular flexibility index (Phi) is 1.62. The van der Waals surface area contributed by atoms with Crippen LogP contribution >= 0.6 is 12.0 Å². The van der Waals surface area contributed by atoms with Crippen LogP contribution in [0.5, 0.6) is 0 Å². The molecule has 0 saturated carbocycles. The maximum Gasteiger partial charge on any atom is 0.521 e. The van der Waals surface area contributed by atoms with Gasteiger partial charge in [-0.05, 0) is 6.92 Å². The molecule has 0 N–H and O–H groups in total. The summed E-state index contributed by atoms with van der Waals surface area (Å²) in [5.74, 6) is 0.728. The van der Waals surface area contributed by atoms with Gasteiger partial charge in [0.25, 0.3) is 0 Å². The van der Waals surface area contributed by atoms with E-state index in [9.17, 15) is 4.79 Å². The number of hydrogen-bond donors (Lipinski definition) is 0. The molecule has 1 atom stereocenters. The molecule has 0 aromatic heterocycles. The first-order valence-corrected chi connectivity index (χ1v) is 3.20. The Hall–Kier alpha value is -0.380. The Morgan fingerprint density at radius 3 is 3.00 bits per heavy atom. The van der Waals surface area contributed by atoms with Gasteiger partial charge in [-0.15, -0.1) is 0 Å². The lowest BCUT2D eigenvalue weighted by Gasteiger charge is -2.15. The molecule has 1 rings (SSSR count). The zero-order valence-electron chi connectivity index (χ0n) is 4.42. The average molecular weight is 134 g/mol. The fraction of sp³-hybridized carbons (Fsp3) is 0.750. The molecule has 0 aliphatic carbocycles. The Bertz CT molecular complexity index is 103. The second kappa shape index (κ2) is 2.26. The molecule has 1 saturated heterocycles. The van der Waals surface area contributed by atoms with E-state index in [-0.39, 0.29) is 6.10 Å². The molecule has 3 nitrogen and oxygen atoms in total. The third kappa shape index (κ3) is 1.30. The fourth-order valence-corrected chi connectivity index (χ4v) is 0.859. The summed E-state index contributed by atoms with van der Waals surface area (Å²) >= 11 is 1.14. The molecule has 46 valence electrons. The van der Waals surface area contributed by atoms with Crippen molar-refractivity contribution in [3.8, 4) is 0 Å². The van der Waals surface area contributed by atoms with Gasteiger partial charge in [0, 0.05) is 0 Å². The minimum atomic E-state index is -0.575. The van der Waals surface area contributed by atoms with Crippen LogP contribution < -0.4 is 0 Å². The van der Waals surface area contributed by atoms with Gasteiger partial charge in [-0.2, -0.15) is 0 Å². The minimum absolute atomic E-state index is 0.00116. The smallest absolute Gasteiger partial charge is 0.430 e. The monoisotopic (exact) mass is 134 g/mol. The van der Waals surface area contributed by atoms with Crippen molar-refractivity contribution in [3.05, 3.63) is 0 Å². The van der Waals surface area contributed by atoms with E-state index in [0.29, 0.717) is 0 Å². The van der Waals surface area contributed by atoms with Gasteiger partial charge in [0.05, 0.1) is 17.8 Å². The zero-order valence-corrected chi connectivity index (χ0v) is 5.23. The molecule has 0 radical (unpaired) electrons. The molecule has 0 bridgehead atoms. The number of hydrogen-bond acceptors (Lipinski definition) is 4.